The number of rotatable bonds is 5. The van der Waals surface area contributed by atoms with Gasteiger partial charge in [-0.2, -0.15) is 5.26 Å². The lowest BCUT2D eigenvalue weighted by Crippen LogP contribution is -2.26. The van der Waals surface area contributed by atoms with E-state index in [2.05, 4.69) is 55.0 Å². The molecule has 2 heterocycles. The Morgan fingerprint density at radius 2 is 2.04 bits per heavy atom. The van der Waals surface area contributed by atoms with Gasteiger partial charge >= 0.3 is 0 Å². The Balaban J connectivity index is 2.24. The zero-order chi connectivity index (χ0) is 20.3. The van der Waals surface area contributed by atoms with Crippen LogP contribution in [-0.4, -0.2) is 18.1 Å². The van der Waals surface area contributed by atoms with Crippen LogP contribution in [0.4, 0.5) is 0 Å². The van der Waals surface area contributed by atoms with Crippen LogP contribution in [0.5, 0.6) is 0 Å². The Hall–Kier alpha value is -2.28. The van der Waals surface area contributed by atoms with E-state index in [1.807, 2.05) is 13.0 Å². The molecular weight excluding hydrogens is 366 g/mol. The number of nitrogens with zero attached hydrogens (tertiary/aromatic N) is 1. The summed E-state index contributed by atoms with van der Waals surface area (Å²) in [6.07, 6.45) is 5.80. The van der Waals surface area contributed by atoms with Gasteiger partial charge in [0.25, 0.3) is 0 Å². The fourth-order valence-corrected chi connectivity index (χ4v) is 4.26. The maximum atomic E-state index is 9.62. The van der Waals surface area contributed by atoms with Gasteiger partial charge in [0, 0.05) is 21.5 Å². The largest absolute Gasteiger partial charge is 0.354 e. The van der Waals surface area contributed by atoms with Gasteiger partial charge < -0.3 is 10.3 Å². The fraction of sp³-hybridized carbons (Fsp3) is 0.375. The van der Waals surface area contributed by atoms with E-state index in [1.54, 1.807) is 6.08 Å². The highest BCUT2D eigenvalue weighted by molar-refractivity contribution is 6.30. The molecule has 0 bridgehead atoms. The number of nitrogens with one attached hydrogen (secondary N) is 2. The number of hydrogen-bond acceptors (Lipinski definition) is 2. The second-order valence-corrected chi connectivity index (χ2v) is 8.37. The molecule has 2 N–H and O–H groups in total. The van der Waals surface area contributed by atoms with E-state index in [0.717, 1.165) is 29.9 Å². The Kier molecular flexibility index (Phi) is 6.44. The molecule has 0 atom stereocenters. The average Bonchev–Trinajstić information content (AvgIpc) is 3.07. The molecule has 1 aliphatic heterocycles. The lowest BCUT2D eigenvalue weighted by Gasteiger charge is -2.23. The second-order valence-electron chi connectivity index (χ2n) is 7.77. The molecule has 1 saturated heterocycles. The third-order valence-electron chi connectivity index (χ3n) is 5.48. The van der Waals surface area contributed by atoms with Crippen LogP contribution >= 0.6 is 11.6 Å². The average molecular weight is 394 g/mol. The highest BCUT2D eigenvalue weighted by atomic mass is 35.5. The standard InChI is InChI=1S/C24H28ClN3/c1-5-17(14-26)20(12-16(4)25)24-23(15(2)3)21-13-19(6-7-22(21)28-24)18-8-10-27-11-9-18/h5-7,12-13,15,18,27-28H,1,8-11H2,2-4H3/b16-12+,20-17-. The molecule has 0 amide bonds. The van der Waals surface area contributed by atoms with Crippen LogP contribution in [0.15, 0.2) is 47.5 Å². The summed E-state index contributed by atoms with van der Waals surface area (Å²) in [4.78, 5) is 3.56. The van der Waals surface area contributed by atoms with E-state index < -0.39 is 0 Å². The van der Waals surface area contributed by atoms with E-state index in [9.17, 15) is 5.26 Å². The first kappa shape index (κ1) is 20.5. The quantitative estimate of drug-likeness (QED) is 0.458. The van der Waals surface area contributed by atoms with Gasteiger partial charge in [0.15, 0.2) is 0 Å². The third-order valence-corrected chi connectivity index (χ3v) is 5.59. The number of nitriles is 1. The number of aromatic amines is 1. The maximum Gasteiger partial charge on any atom is 0.0998 e. The fourth-order valence-electron chi connectivity index (χ4n) is 4.15. The van der Waals surface area contributed by atoms with Crippen molar-refractivity contribution in [2.75, 3.05) is 13.1 Å². The van der Waals surface area contributed by atoms with Gasteiger partial charge in [-0.3, -0.25) is 0 Å². The Morgan fingerprint density at radius 3 is 2.61 bits per heavy atom. The van der Waals surface area contributed by atoms with Gasteiger partial charge in [-0.1, -0.05) is 44.2 Å². The van der Waals surface area contributed by atoms with Gasteiger partial charge in [0.2, 0.25) is 0 Å². The van der Waals surface area contributed by atoms with Crippen LogP contribution in [-0.2, 0) is 0 Å². The van der Waals surface area contributed by atoms with Gasteiger partial charge in [0.05, 0.1) is 17.3 Å². The molecule has 0 aliphatic carbocycles. The summed E-state index contributed by atoms with van der Waals surface area (Å²) >= 11 is 6.20. The van der Waals surface area contributed by atoms with Crippen molar-refractivity contribution in [1.82, 2.24) is 10.3 Å². The molecule has 0 radical (unpaired) electrons. The highest BCUT2D eigenvalue weighted by Gasteiger charge is 2.21. The van der Waals surface area contributed by atoms with E-state index in [4.69, 9.17) is 11.6 Å². The molecule has 1 fully saturated rings. The smallest absolute Gasteiger partial charge is 0.0998 e. The molecule has 2 aromatic rings. The van der Waals surface area contributed by atoms with Crippen molar-refractivity contribution in [3.8, 4) is 6.07 Å². The summed E-state index contributed by atoms with van der Waals surface area (Å²) in [5.74, 6) is 0.905. The van der Waals surface area contributed by atoms with Crippen molar-refractivity contribution < 1.29 is 0 Å². The number of piperidine rings is 1. The molecule has 146 valence electrons. The van der Waals surface area contributed by atoms with E-state index in [1.165, 1.54) is 29.4 Å². The summed E-state index contributed by atoms with van der Waals surface area (Å²) in [5, 5.41) is 14.9. The van der Waals surface area contributed by atoms with Crippen LogP contribution in [0.2, 0.25) is 0 Å². The first-order valence-electron chi connectivity index (χ1n) is 9.93. The molecule has 0 saturated carbocycles. The Labute approximate surface area is 172 Å². The summed E-state index contributed by atoms with van der Waals surface area (Å²) in [5.41, 5.74) is 6.00. The van der Waals surface area contributed by atoms with Crippen molar-refractivity contribution >= 4 is 28.1 Å². The minimum atomic E-state index is 0.302. The molecule has 1 aliphatic rings. The predicted molar refractivity (Wildman–Crippen MR) is 120 cm³/mol. The van der Waals surface area contributed by atoms with E-state index in [-0.39, 0.29) is 0 Å². The second kappa shape index (κ2) is 8.82. The van der Waals surface area contributed by atoms with Crippen LogP contribution < -0.4 is 5.32 Å². The maximum absolute atomic E-state index is 9.62. The van der Waals surface area contributed by atoms with Gasteiger partial charge in [0.1, 0.15) is 0 Å². The monoisotopic (exact) mass is 393 g/mol. The van der Waals surface area contributed by atoms with Crippen LogP contribution in [0.25, 0.3) is 16.5 Å². The number of H-pyrrole nitrogens is 1. The zero-order valence-corrected chi connectivity index (χ0v) is 17.7. The molecule has 3 nitrogen and oxygen atoms in total. The lowest BCUT2D eigenvalue weighted by atomic mass is 9.88. The normalized spacial score (nSPS) is 16.9. The topological polar surface area (TPSA) is 51.6 Å². The number of fused-ring (bicyclic) bond motifs is 1. The molecule has 0 unspecified atom stereocenters. The molecule has 3 rings (SSSR count). The van der Waals surface area contributed by atoms with Crippen molar-refractivity contribution in [3.63, 3.8) is 0 Å². The van der Waals surface area contributed by atoms with Crippen molar-refractivity contribution in [1.29, 1.82) is 5.26 Å². The summed E-state index contributed by atoms with van der Waals surface area (Å²) in [7, 11) is 0. The van der Waals surface area contributed by atoms with Crippen molar-refractivity contribution in [3.05, 3.63) is 64.4 Å². The third kappa shape index (κ3) is 4.09. The molecule has 28 heavy (non-hydrogen) atoms. The van der Waals surface area contributed by atoms with Gasteiger partial charge in [-0.15, -0.1) is 0 Å². The first-order chi connectivity index (χ1) is 13.5. The number of benzene rings is 1. The molecule has 1 aromatic carbocycles. The minimum absolute atomic E-state index is 0.302. The first-order valence-corrected chi connectivity index (χ1v) is 10.3. The number of allylic oxidation sites excluding steroid dienone is 5. The van der Waals surface area contributed by atoms with Crippen molar-refractivity contribution in [2.24, 2.45) is 0 Å². The molecule has 4 heteroatoms. The van der Waals surface area contributed by atoms with E-state index >= 15 is 0 Å². The van der Waals surface area contributed by atoms with Gasteiger partial charge in [-0.25, -0.2) is 0 Å². The zero-order valence-electron chi connectivity index (χ0n) is 16.9. The lowest BCUT2D eigenvalue weighted by molar-refractivity contribution is 0.460. The highest BCUT2D eigenvalue weighted by Crippen LogP contribution is 2.37. The Bertz CT molecular complexity index is 975. The van der Waals surface area contributed by atoms with E-state index in [0.29, 0.717) is 22.4 Å². The number of hydrogen-bond donors (Lipinski definition) is 2. The number of aromatic nitrogens is 1. The summed E-state index contributed by atoms with van der Waals surface area (Å²) < 4.78 is 0. The molecule has 1 aromatic heterocycles. The molecule has 0 spiro atoms. The predicted octanol–water partition coefficient (Wildman–Crippen LogP) is 6.36. The molecular formula is C24H28ClN3. The van der Waals surface area contributed by atoms with Crippen LogP contribution in [0, 0.1) is 11.3 Å². The minimum Gasteiger partial charge on any atom is -0.354 e. The van der Waals surface area contributed by atoms with Crippen molar-refractivity contribution in [2.45, 2.75) is 45.4 Å². The van der Waals surface area contributed by atoms with Crippen LogP contribution in [0.3, 0.4) is 0 Å². The SMILES string of the molecule is C=C/C(C#N)=C(\C=C(/C)Cl)c1[nH]c2ccc(C3CCNCC3)cc2c1C(C)C. The number of halogens is 1. The summed E-state index contributed by atoms with van der Waals surface area (Å²) in [6.45, 7) is 12.2. The summed E-state index contributed by atoms with van der Waals surface area (Å²) in [6, 6.07) is 9.02. The Morgan fingerprint density at radius 1 is 1.32 bits per heavy atom. The van der Waals surface area contributed by atoms with Gasteiger partial charge in [-0.05, 0) is 74.0 Å². The van der Waals surface area contributed by atoms with Crippen LogP contribution in [0.1, 0.15) is 62.3 Å².